The summed E-state index contributed by atoms with van der Waals surface area (Å²) in [5.41, 5.74) is 0.964. The molecule has 0 aliphatic rings. The minimum absolute atomic E-state index is 0.128. The Hall–Kier alpha value is -1.13. The van der Waals surface area contributed by atoms with Crippen molar-refractivity contribution in [2.24, 2.45) is 0 Å². The van der Waals surface area contributed by atoms with E-state index in [1.807, 2.05) is 43.0 Å². The van der Waals surface area contributed by atoms with Crippen LogP contribution in [0.3, 0.4) is 0 Å². The molecule has 5 heteroatoms. The molecule has 0 N–H and O–H groups in total. The lowest BCUT2D eigenvalue weighted by atomic mass is 10.1. The van der Waals surface area contributed by atoms with Crippen molar-refractivity contribution in [1.82, 2.24) is 4.90 Å². The summed E-state index contributed by atoms with van der Waals surface area (Å²) < 4.78 is 0. The first-order valence-corrected chi connectivity index (χ1v) is 11.7. The monoisotopic (exact) mass is 424 g/mol. The second kappa shape index (κ2) is 14.8. The molecule has 0 saturated carbocycles. The number of rotatable bonds is 13. The fourth-order valence-corrected chi connectivity index (χ4v) is 3.93. The van der Waals surface area contributed by atoms with E-state index in [2.05, 4.69) is 6.92 Å². The number of carbonyl (C=O) groups excluding carboxylic acids is 1. The highest BCUT2D eigenvalue weighted by atomic mass is 35.5. The lowest BCUT2D eigenvalue weighted by Gasteiger charge is -2.31. The summed E-state index contributed by atoms with van der Waals surface area (Å²) in [7, 11) is 0. The third kappa shape index (κ3) is 8.91. The molecule has 0 aliphatic carbocycles. The van der Waals surface area contributed by atoms with Crippen molar-refractivity contribution in [3.05, 3.63) is 29.3 Å². The second-order valence-corrected chi connectivity index (χ2v) is 8.02. The van der Waals surface area contributed by atoms with Crippen molar-refractivity contribution in [2.45, 2.75) is 85.0 Å². The number of thiocarbonyl (C=S) groups is 1. The Morgan fingerprint density at radius 1 is 0.857 bits per heavy atom. The molecule has 0 unspecified atom stereocenters. The molecule has 0 atom stereocenters. The van der Waals surface area contributed by atoms with Gasteiger partial charge >= 0.3 is 0 Å². The number of hydrogen-bond acceptors (Lipinski definition) is 2. The first-order chi connectivity index (χ1) is 13.5. The van der Waals surface area contributed by atoms with Gasteiger partial charge in [-0.2, -0.15) is 0 Å². The van der Waals surface area contributed by atoms with Gasteiger partial charge in [-0.25, -0.2) is 0 Å². The van der Waals surface area contributed by atoms with Crippen LogP contribution in [0.5, 0.6) is 0 Å². The molecule has 1 aromatic rings. The Morgan fingerprint density at radius 3 is 1.89 bits per heavy atom. The quantitative estimate of drug-likeness (QED) is 0.246. The third-order valence-electron chi connectivity index (χ3n) is 5.03. The number of hydrogen-bond donors (Lipinski definition) is 0. The highest BCUT2D eigenvalue weighted by molar-refractivity contribution is 7.80. The minimum Gasteiger partial charge on any atom is -0.319 e. The zero-order valence-corrected chi connectivity index (χ0v) is 19.5. The molecule has 0 spiro atoms. The van der Waals surface area contributed by atoms with Gasteiger partial charge in [-0.3, -0.25) is 9.69 Å². The van der Waals surface area contributed by atoms with E-state index in [-0.39, 0.29) is 5.91 Å². The molecular weight excluding hydrogens is 388 g/mol. The van der Waals surface area contributed by atoms with Crippen LogP contribution in [0.1, 0.15) is 85.0 Å². The van der Waals surface area contributed by atoms with Crippen molar-refractivity contribution in [2.75, 3.05) is 18.0 Å². The van der Waals surface area contributed by atoms with Crippen molar-refractivity contribution in [3.63, 3.8) is 0 Å². The lowest BCUT2D eigenvalue weighted by molar-refractivity contribution is -0.127. The SMILES string of the molecule is CCCCCCCCCCCC(=O)N(CC)C(=S)N(CC)c1ccc(Cl)cc1. The van der Waals surface area contributed by atoms with Crippen LogP contribution in [-0.2, 0) is 4.79 Å². The predicted octanol–water partition coefficient (Wildman–Crippen LogP) is 7.22. The van der Waals surface area contributed by atoms with Crippen LogP contribution < -0.4 is 4.90 Å². The average Bonchev–Trinajstić information content (AvgIpc) is 2.69. The number of halogens is 1. The number of unbranched alkanes of at least 4 members (excludes halogenated alkanes) is 8. The lowest BCUT2D eigenvalue weighted by Crippen LogP contribution is -2.46. The van der Waals surface area contributed by atoms with E-state index in [1.54, 1.807) is 4.90 Å². The van der Waals surface area contributed by atoms with Gasteiger partial charge in [0.25, 0.3) is 0 Å². The summed E-state index contributed by atoms with van der Waals surface area (Å²) >= 11 is 11.6. The van der Waals surface area contributed by atoms with E-state index in [0.29, 0.717) is 29.6 Å². The largest absolute Gasteiger partial charge is 0.319 e. The van der Waals surface area contributed by atoms with Gasteiger partial charge < -0.3 is 4.90 Å². The minimum atomic E-state index is 0.128. The Bertz CT molecular complexity index is 576. The third-order valence-corrected chi connectivity index (χ3v) is 5.72. The van der Waals surface area contributed by atoms with Crippen molar-refractivity contribution in [3.8, 4) is 0 Å². The number of anilines is 1. The summed E-state index contributed by atoms with van der Waals surface area (Å²) in [6.45, 7) is 7.58. The molecule has 3 nitrogen and oxygen atoms in total. The summed E-state index contributed by atoms with van der Waals surface area (Å²) in [5.74, 6) is 0.128. The fraction of sp³-hybridized carbons (Fsp3) is 0.652. The Labute approximate surface area is 182 Å². The van der Waals surface area contributed by atoms with Gasteiger partial charge in [0.05, 0.1) is 0 Å². The van der Waals surface area contributed by atoms with Crippen molar-refractivity contribution in [1.29, 1.82) is 0 Å². The van der Waals surface area contributed by atoms with E-state index >= 15 is 0 Å². The van der Waals surface area contributed by atoms with E-state index in [9.17, 15) is 4.79 Å². The molecule has 0 heterocycles. The van der Waals surface area contributed by atoms with Crippen LogP contribution in [0.2, 0.25) is 5.02 Å². The molecule has 28 heavy (non-hydrogen) atoms. The number of nitrogens with zero attached hydrogens (tertiary/aromatic N) is 2. The number of benzene rings is 1. The van der Waals surface area contributed by atoms with E-state index in [0.717, 1.165) is 18.5 Å². The van der Waals surface area contributed by atoms with E-state index in [1.165, 1.54) is 44.9 Å². The first-order valence-electron chi connectivity index (χ1n) is 10.9. The van der Waals surface area contributed by atoms with Gasteiger partial charge in [0, 0.05) is 30.2 Å². The Balaban J connectivity index is 2.42. The van der Waals surface area contributed by atoms with Gasteiger partial charge in [-0.1, -0.05) is 69.9 Å². The average molecular weight is 425 g/mol. The maximum absolute atomic E-state index is 12.7. The molecule has 1 rings (SSSR count). The summed E-state index contributed by atoms with van der Waals surface area (Å²) in [6.07, 6.45) is 11.8. The summed E-state index contributed by atoms with van der Waals surface area (Å²) in [5, 5.41) is 1.27. The molecule has 158 valence electrons. The highest BCUT2D eigenvalue weighted by Crippen LogP contribution is 2.20. The molecule has 1 amide bonds. The summed E-state index contributed by atoms with van der Waals surface area (Å²) in [6, 6.07) is 7.58. The molecule has 0 aliphatic heterocycles. The van der Waals surface area contributed by atoms with Gasteiger partial charge in [-0.05, 0) is 56.8 Å². The fourth-order valence-electron chi connectivity index (χ4n) is 3.34. The molecular formula is C23H37ClN2OS. The molecule has 0 radical (unpaired) electrons. The van der Waals surface area contributed by atoms with Gasteiger partial charge in [-0.15, -0.1) is 0 Å². The topological polar surface area (TPSA) is 23.6 Å². The highest BCUT2D eigenvalue weighted by Gasteiger charge is 2.21. The predicted molar refractivity (Wildman–Crippen MR) is 126 cm³/mol. The number of carbonyl (C=O) groups is 1. The Morgan fingerprint density at radius 2 is 1.39 bits per heavy atom. The molecule has 0 aromatic heterocycles. The standard InChI is InChI=1S/C23H37ClN2OS/c1-4-7-8-9-10-11-12-13-14-15-22(27)26(6-3)23(28)25(5-2)21-18-16-20(24)17-19-21/h16-19H,4-15H2,1-3H3. The van der Waals surface area contributed by atoms with Crippen LogP contribution in [-0.4, -0.2) is 29.0 Å². The number of amides is 1. The van der Waals surface area contributed by atoms with Crippen LogP contribution in [0.4, 0.5) is 5.69 Å². The van der Waals surface area contributed by atoms with Crippen LogP contribution in [0, 0.1) is 0 Å². The van der Waals surface area contributed by atoms with Gasteiger partial charge in [0.15, 0.2) is 5.11 Å². The smallest absolute Gasteiger partial charge is 0.228 e. The van der Waals surface area contributed by atoms with Crippen LogP contribution in [0.15, 0.2) is 24.3 Å². The van der Waals surface area contributed by atoms with Crippen LogP contribution >= 0.6 is 23.8 Å². The zero-order valence-electron chi connectivity index (χ0n) is 17.9. The maximum Gasteiger partial charge on any atom is 0.228 e. The van der Waals surface area contributed by atoms with E-state index < -0.39 is 0 Å². The maximum atomic E-state index is 12.7. The molecule has 1 aromatic carbocycles. The molecule has 0 fully saturated rings. The van der Waals surface area contributed by atoms with Crippen molar-refractivity contribution < 1.29 is 4.79 Å². The van der Waals surface area contributed by atoms with Crippen molar-refractivity contribution >= 4 is 40.5 Å². The second-order valence-electron chi connectivity index (χ2n) is 7.22. The van der Waals surface area contributed by atoms with Gasteiger partial charge in [0.1, 0.15) is 0 Å². The van der Waals surface area contributed by atoms with Gasteiger partial charge in [0.2, 0.25) is 5.91 Å². The summed E-state index contributed by atoms with van der Waals surface area (Å²) in [4.78, 5) is 16.4. The van der Waals surface area contributed by atoms with E-state index in [4.69, 9.17) is 23.8 Å². The zero-order chi connectivity index (χ0) is 20.8. The normalized spacial score (nSPS) is 10.7. The molecule has 0 bridgehead atoms. The Kier molecular flexibility index (Phi) is 13.2. The first kappa shape index (κ1) is 24.9. The van der Waals surface area contributed by atoms with Crippen LogP contribution in [0.25, 0.3) is 0 Å². The molecule has 0 saturated heterocycles.